The summed E-state index contributed by atoms with van der Waals surface area (Å²) < 4.78 is 1.02. The number of nitrogens with one attached hydrogen (secondary N) is 2. The van der Waals surface area contributed by atoms with Crippen LogP contribution in [-0.2, 0) is 16.1 Å². The van der Waals surface area contributed by atoms with Gasteiger partial charge in [0.15, 0.2) is 5.69 Å². The number of carbonyl (C=O) groups is 3. The lowest BCUT2D eigenvalue weighted by molar-refractivity contribution is -0.137. The zero-order valence-electron chi connectivity index (χ0n) is 11.3. The first-order valence-corrected chi connectivity index (χ1v) is 6.05. The molecule has 110 valence electrons. The third-order valence-electron chi connectivity index (χ3n) is 2.19. The largest absolute Gasteiger partial charge is 0.480 e. The van der Waals surface area contributed by atoms with E-state index in [1.165, 1.54) is 6.20 Å². The van der Waals surface area contributed by atoms with Crippen LogP contribution < -0.4 is 10.6 Å². The number of hydrogen-bond acceptors (Lipinski definition) is 5. The van der Waals surface area contributed by atoms with Gasteiger partial charge in [-0.1, -0.05) is 19.1 Å². The molecule has 0 atom stereocenters. The molecule has 0 saturated heterocycles. The Morgan fingerprint density at radius 1 is 1.35 bits per heavy atom. The maximum atomic E-state index is 11.6. The Morgan fingerprint density at radius 2 is 2.05 bits per heavy atom. The third kappa shape index (κ3) is 5.46. The number of carboxylic acids is 1. The standard InChI is InChI=1S/C11H17N5O4/c1-7(2)3-12-9(17)4-13-11(20)8-5-16(15-14-8)6-10(18)19/h5,7H,3-4,6H2,1-2H3,(H,12,17)(H,13,20)(H,18,19). The van der Waals surface area contributed by atoms with Gasteiger partial charge in [-0.2, -0.15) is 0 Å². The van der Waals surface area contributed by atoms with Crippen LogP contribution >= 0.6 is 0 Å². The van der Waals surface area contributed by atoms with Gasteiger partial charge in [-0.25, -0.2) is 4.68 Å². The van der Waals surface area contributed by atoms with Crippen LogP contribution in [0.3, 0.4) is 0 Å². The molecule has 1 rings (SSSR count). The molecule has 1 aromatic rings. The van der Waals surface area contributed by atoms with Crippen LogP contribution in [0.5, 0.6) is 0 Å². The normalized spacial score (nSPS) is 10.3. The van der Waals surface area contributed by atoms with E-state index in [2.05, 4.69) is 20.9 Å². The smallest absolute Gasteiger partial charge is 0.325 e. The second kappa shape index (κ2) is 7.22. The van der Waals surface area contributed by atoms with Crippen LogP contribution in [0.25, 0.3) is 0 Å². The fraction of sp³-hybridized carbons (Fsp3) is 0.545. The van der Waals surface area contributed by atoms with Gasteiger partial charge in [0.2, 0.25) is 5.91 Å². The predicted octanol–water partition coefficient (Wildman–Crippen LogP) is -1.14. The number of amides is 2. The highest BCUT2D eigenvalue weighted by Crippen LogP contribution is 1.93. The summed E-state index contributed by atoms with van der Waals surface area (Å²) >= 11 is 0. The van der Waals surface area contributed by atoms with Gasteiger partial charge in [0.1, 0.15) is 6.54 Å². The van der Waals surface area contributed by atoms with Gasteiger partial charge in [0.05, 0.1) is 12.7 Å². The highest BCUT2D eigenvalue weighted by atomic mass is 16.4. The van der Waals surface area contributed by atoms with Crippen molar-refractivity contribution >= 4 is 17.8 Å². The number of aromatic nitrogens is 3. The van der Waals surface area contributed by atoms with Gasteiger partial charge < -0.3 is 15.7 Å². The van der Waals surface area contributed by atoms with Crippen LogP contribution in [0.2, 0.25) is 0 Å². The van der Waals surface area contributed by atoms with Crippen molar-refractivity contribution < 1.29 is 19.5 Å². The van der Waals surface area contributed by atoms with Crippen LogP contribution in [0, 0.1) is 5.92 Å². The SMILES string of the molecule is CC(C)CNC(=O)CNC(=O)c1cn(CC(=O)O)nn1. The van der Waals surface area contributed by atoms with Crippen molar-refractivity contribution in [2.75, 3.05) is 13.1 Å². The first-order chi connectivity index (χ1) is 9.38. The Morgan fingerprint density at radius 3 is 2.65 bits per heavy atom. The van der Waals surface area contributed by atoms with E-state index < -0.39 is 11.9 Å². The number of carbonyl (C=O) groups excluding carboxylic acids is 2. The van der Waals surface area contributed by atoms with Crippen molar-refractivity contribution in [3.8, 4) is 0 Å². The highest BCUT2D eigenvalue weighted by Gasteiger charge is 2.13. The quantitative estimate of drug-likeness (QED) is 0.581. The van der Waals surface area contributed by atoms with E-state index in [0.29, 0.717) is 12.5 Å². The Bertz CT molecular complexity index is 497. The van der Waals surface area contributed by atoms with Crippen molar-refractivity contribution in [3.05, 3.63) is 11.9 Å². The molecule has 9 nitrogen and oxygen atoms in total. The van der Waals surface area contributed by atoms with Gasteiger partial charge >= 0.3 is 5.97 Å². The van der Waals surface area contributed by atoms with Crippen LogP contribution in [0.4, 0.5) is 0 Å². The molecule has 0 radical (unpaired) electrons. The molecule has 1 aromatic heterocycles. The van der Waals surface area contributed by atoms with E-state index in [-0.39, 0.29) is 24.7 Å². The van der Waals surface area contributed by atoms with Gasteiger partial charge in [-0.3, -0.25) is 14.4 Å². The molecule has 0 aliphatic rings. The van der Waals surface area contributed by atoms with E-state index in [0.717, 1.165) is 4.68 Å². The van der Waals surface area contributed by atoms with Gasteiger partial charge in [-0.15, -0.1) is 5.10 Å². The fourth-order valence-electron chi connectivity index (χ4n) is 1.25. The molecule has 1 heterocycles. The second-order valence-corrected chi connectivity index (χ2v) is 4.58. The van der Waals surface area contributed by atoms with E-state index in [9.17, 15) is 14.4 Å². The molecular weight excluding hydrogens is 266 g/mol. The lowest BCUT2D eigenvalue weighted by Gasteiger charge is -2.07. The van der Waals surface area contributed by atoms with Crippen LogP contribution in [0.1, 0.15) is 24.3 Å². The zero-order chi connectivity index (χ0) is 15.1. The Hall–Kier alpha value is -2.45. The summed E-state index contributed by atoms with van der Waals surface area (Å²) in [6.45, 7) is 3.90. The maximum absolute atomic E-state index is 11.6. The molecule has 2 amide bonds. The van der Waals surface area contributed by atoms with Crippen LogP contribution in [0.15, 0.2) is 6.20 Å². The maximum Gasteiger partial charge on any atom is 0.325 e. The van der Waals surface area contributed by atoms with E-state index >= 15 is 0 Å². The summed E-state index contributed by atoms with van der Waals surface area (Å²) in [5.74, 6) is -1.65. The van der Waals surface area contributed by atoms with Crippen molar-refractivity contribution in [1.29, 1.82) is 0 Å². The summed E-state index contributed by atoms with van der Waals surface area (Å²) in [4.78, 5) is 33.5. The number of nitrogens with zero attached hydrogens (tertiary/aromatic N) is 3. The summed E-state index contributed by atoms with van der Waals surface area (Å²) in [6.07, 6.45) is 1.20. The van der Waals surface area contributed by atoms with Crippen LogP contribution in [-0.4, -0.2) is 51.0 Å². The molecule has 20 heavy (non-hydrogen) atoms. The fourth-order valence-corrected chi connectivity index (χ4v) is 1.25. The highest BCUT2D eigenvalue weighted by molar-refractivity contribution is 5.94. The molecule has 9 heteroatoms. The molecule has 0 spiro atoms. The minimum absolute atomic E-state index is 0.0390. The molecule has 3 N–H and O–H groups in total. The van der Waals surface area contributed by atoms with Gasteiger partial charge in [0, 0.05) is 6.54 Å². The van der Waals surface area contributed by atoms with Crippen molar-refractivity contribution in [3.63, 3.8) is 0 Å². The molecule has 0 aliphatic carbocycles. The average molecular weight is 283 g/mol. The molecule has 0 bridgehead atoms. The Labute approximate surface area is 115 Å². The number of carboxylic acid groups (broad SMARTS) is 1. The van der Waals surface area contributed by atoms with Gasteiger partial charge in [0.25, 0.3) is 5.91 Å². The van der Waals surface area contributed by atoms with E-state index in [1.807, 2.05) is 13.8 Å². The van der Waals surface area contributed by atoms with E-state index in [4.69, 9.17) is 5.11 Å². The minimum atomic E-state index is -1.09. The first-order valence-electron chi connectivity index (χ1n) is 6.05. The monoisotopic (exact) mass is 283 g/mol. The summed E-state index contributed by atoms with van der Waals surface area (Å²) in [6, 6.07) is 0. The van der Waals surface area contributed by atoms with Crippen molar-refractivity contribution in [2.45, 2.75) is 20.4 Å². The summed E-state index contributed by atoms with van der Waals surface area (Å²) in [5, 5.41) is 20.6. The first kappa shape index (κ1) is 15.6. The average Bonchev–Trinajstić information content (AvgIpc) is 2.81. The van der Waals surface area contributed by atoms with Crippen molar-refractivity contribution in [1.82, 2.24) is 25.6 Å². The van der Waals surface area contributed by atoms with E-state index in [1.54, 1.807) is 0 Å². The van der Waals surface area contributed by atoms with Crippen molar-refractivity contribution in [2.24, 2.45) is 5.92 Å². The molecule has 0 aromatic carbocycles. The molecule has 0 unspecified atom stereocenters. The Balaban J connectivity index is 2.41. The molecule has 0 aliphatic heterocycles. The summed E-state index contributed by atoms with van der Waals surface area (Å²) in [5.41, 5.74) is -0.0390. The molecule has 0 saturated carbocycles. The number of hydrogen-bond donors (Lipinski definition) is 3. The molecular formula is C11H17N5O4. The molecule has 0 fully saturated rings. The third-order valence-corrected chi connectivity index (χ3v) is 2.19. The predicted molar refractivity (Wildman–Crippen MR) is 67.8 cm³/mol. The zero-order valence-corrected chi connectivity index (χ0v) is 11.3. The lowest BCUT2D eigenvalue weighted by atomic mass is 10.2. The lowest BCUT2D eigenvalue weighted by Crippen LogP contribution is -2.38. The second-order valence-electron chi connectivity index (χ2n) is 4.58. The minimum Gasteiger partial charge on any atom is -0.480 e. The number of aliphatic carboxylic acids is 1. The topological polar surface area (TPSA) is 126 Å². The number of rotatable bonds is 7. The van der Waals surface area contributed by atoms with Gasteiger partial charge in [-0.05, 0) is 5.92 Å². The summed E-state index contributed by atoms with van der Waals surface area (Å²) in [7, 11) is 0. The Kier molecular flexibility index (Phi) is 5.63.